The van der Waals surface area contributed by atoms with Crippen molar-refractivity contribution < 1.29 is 44.1 Å². The van der Waals surface area contributed by atoms with Crippen LogP contribution in [0.2, 0.25) is 0 Å². The molecule has 0 aliphatic carbocycles. The number of amides is 4. The summed E-state index contributed by atoms with van der Waals surface area (Å²) in [5.74, 6) is -6.81. The Balaban J connectivity index is 1.53. The number of aliphatic hydroxyl groups excluding tert-OH is 2. The van der Waals surface area contributed by atoms with Gasteiger partial charge >= 0.3 is 5.97 Å². The summed E-state index contributed by atoms with van der Waals surface area (Å²) >= 11 is 4.68. The van der Waals surface area contributed by atoms with Gasteiger partial charge in [0.15, 0.2) is 18.0 Å². The SMILES string of the molecule is O=C(O)[C@H]1CC(=O)[C@@H](Cc2ccccc2)NC(=O)[C@H](Cc2ccc(Br)cc2)NC(=O)[C@@H](Cc2cccs2)NC(=O)[C@H](O)[C@@H](O)C(=O)Nc2ccc(cc2)C1. The first-order chi connectivity index (χ1) is 25.9. The number of carbonyl (C=O) groups is 6. The monoisotopic (exact) mass is 818 g/mol. The zero-order chi connectivity index (χ0) is 38.8. The highest BCUT2D eigenvalue weighted by atomic mass is 79.9. The third-order valence-electron chi connectivity index (χ3n) is 8.93. The van der Waals surface area contributed by atoms with Crippen molar-refractivity contribution in [3.05, 3.63) is 122 Å². The van der Waals surface area contributed by atoms with E-state index in [1.54, 1.807) is 72.1 Å². The van der Waals surface area contributed by atoms with Crippen LogP contribution < -0.4 is 21.3 Å². The van der Waals surface area contributed by atoms with Crippen LogP contribution in [0.3, 0.4) is 0 Å². The lowest BCUT2D eigenvalue weighted by atomic mass is 9.90. The van der Waals surface area contributed by atoms with Crippen molar-refractivity contribution in [1.29, 1.82) is 0 Å². The Morgan fingerprint density at radius 2 is 1.22 bits per heavy atom. The number of rotatable bonds is 7. The lowest BCUT2D eigenvalue weighted by molar-refractivity contribution is -0.145. The van der Waals surface area contributed by atoms with Gasteiger partial charge in [0, 0.05) is 34.3 Å². The lowest BCUT2D eigenvalue weighted by Gasteiger charge is -2.26. The number of benzene rings is 3. The fraction of sp³-hybridized carbons (Fsp3) is 0.282. The molecule has 2 aliphatic heterocycles. The molecule has 282 valence electrons. The number of carbonyl (C=O) groups excluding carboxylic acids is 5. The van der Waals surface area contributed by atoms with Gasteiger partial charge in [-0.05, 0) is 65.2 Å². The van der Waals surface area contributed by atoms with E-state index in [0.29, 0.717) is 21.6 Å². The van der Waals surface area contributed by atoms with E-state index in [4.69, 9.17) is 0 Å². The highest BCUT2D eigenvalue weighted by Gasteiger charge is 2.36. The second kappa shape index (κ2) is 18.7. The van der Waals surface area contributed by atoms with Gasteiger partial charge in [0.1, 0.15) is 12.1 Å². The number of ketones is 1. The van der Waals surface area contributed by atoms with Crippen molar-refractivity contribution in [3.8, 4) is 0 Å². The van der Waals surface area contributed by atoms with Crippen molar-refractivity contribution in [2.75, 3.05) is 5.32 Å². The van der Waals surface area contributed by atoms with Crippen molar-refractivity contribution >= 4 is 68.3 Å². The minimum atomic E-state index is -2.28. The summed E-state index contributed by atoms with van der Waals surface area (Å²) < 4.78 is 0.775. The van der Waals surface area contributed by atoms with E-state index in [2.05, 4.69) is 37.2 Å². The molecule has 6 rings (SSSR count). The van der Waals surface area contributed by atoms with Crippen LogP contribution in [0, 0.1) is 5.92 Å². The van der Waals surface area contributed by atoms with Crippen molar-refractivity contribution in [3.63, 3.8) is 0 Å². The average Bonchev–Trinajstić information content (AvgIpc) is 3.67. The summed E-state index contributed by atoms with van der Waals surface area (Å²) in [4.78, 5) is 81.4. The smallest absolute Gasteiger partial charge is 0.307 e. The maximum atomic E-state index is 14.2. The molecule has 4 amide bonds. The number of hydrogen-bond acceptors (Lipinski definition) is 9. The second-order valence-electron chi connectivity index (χ2n) is 13.0. The summed E-state index contributed by atoms with van der Waals surface area (Å²) in [7, 11) is 0. The van der Waals surface area contributed by atoms with Crippen molar-refractivity contribution in [1.82, 2.24) is 16.0 Å². The summed E-state index contributed by atoms with van der Waals surface area (Å²) in [6, 6.07) is 21.5. The van der Waals surface area contributed by atoms with Crippen LogP contribution in [0.15, 0.2) is 101 Å². The molecule has 13 nitrogen and oxygen atoms in total. The Kier molecular flexibility index (Phi) is 13.8. The number of carboxylic acid groups (broad SMARTS) is 1. The highest BCUT2D eigenvalue weighted by molar-refractivity contribution is 9.10. The molecule has 54 heavy (non-hydrogen) atoms. The van der Waals surface area contributed by atoms with Gasteiger partial charge in [-0.1, -0.05) is 76.6 Å². The molecule has 2 aliphatic rings. The number of Topliss-reactive ketones (excluding diaryl/α,β-unsaturated/α-hetero) is 1. The third kappa shape index (κ3) is 11.1. The van der Waals surface area contributed by atoms with E-state index >= 15 is 0 Å². The zero-order valence-electron chi connectivity index (χ0n) is 28.8. The van der Waals surface area contributed by atoms with Gasteiger partial charge in [-0.15, -0.1) is 11.3 Å². The number of aliphatic carboxylic acids is 1. The largest absolute Gasteiger partial charge is 0.481 e. The minimum absolute atomic E-state index is 0.0359. The molecule has 0 saturated carbocycles. The molecule has 2 bridgehead atoms. The maximum absolute atomic E-state index is 14.2. The molecule has 1 aromatic heterocycles. The number of carboxylic acids is 1. The van der Waals surface area contributed by atoms with Crippen LogP contribution in [-0.4, -0.2) is 81.0 Å². The van der Waals surface area contributed by atoms with E-state index in [0.717, 1.165) is 4.47 Å². The predicted octanol–water partition coefficient (Wildman–Crippen LogP) is 2.57. The molecule has 0 saturated heterocycles. The van der Waals surface area contributed by atoms with Gasteiger partial charge in [0.25, 0.3) is 11.8 Å². The third-order valence-corrected chi connectivity index (χ3v) is 10.4. The van der Waals surface area contributed by atoms with E-state index in [1.807, 2.05) is 0 Å². The summed E-state index contributed by atoms with van der Waals surface area (Å²) in [5, 5.41) is 43.5. The molecule has 0 radical (unpaired) electrons. The predicted molar refractivity (Wildman–Crippen MR) is 203 cm³/mol. The number of nitrogens with one attached hydrogen (secondary N) is 4. The van der Waals surface area contributed by atoms with E-state index in [-0.39, 0.29) is 31.4 Å². The number of hydrogen-bond donors (Lipinski definition) is 7. The molecule has 15 heteroatoms. The molecule has 0 unspecified atom stereocenters. The van der Waals surface area contributed by atoms with Gasteiger partial charge in [-0.2, -0.15) is 0 Å². The molecule has 0 fully saturated rings. The van der Waals surface area contributed by atoms with Gasteiger partial charge in [-0.25, -0.2) is 0 Å². The summed E-state index contributed by atoms with van der Waals surface area (Å²) in [5.41, 5.74) is 2.06. The minimum Gasteiger partial charge on any atom is -0.481 e. The van der Waals surface area contributed by atoms with Crippen LogP contribution in [0.25, 0.3) is 0 Å². The number of anilines is 1. The Morgan fingerprint density at radius 1 is 0.648 bits per heavy atom. The molecule has 6 atom stereocenters. The van der Waals surface area contributed by atoms with Gasteiger partial charge in [-0.3, -0.25) is 28.8 Å². The van der Waals surface area contributed by atoms with Gasteiger partial charge < -0.3 is 36.6 Å². The molecule has 3 heterocycles. The van der Waals surface area contributed by atoms with Crippen LogP contribution in [0.1, 0.15) is 28.0 Å². The molecular weight excluding hydrogens is 780 g/mol. The summed E-state index contributed by atoms with van der Waals surface area (Å²) in [6.45, 7) is 0. The van der Waals surface area contributed by atoms with Crippen LogP contribution in [0.5, 0.6) is 0 Å². The molecule has 3 aromatic carbocycles. The Labute approximate surface area is 323 Å². The highest BCUT2D eigenvalue weighted by Crippen LogP contribution is 2.20. The topological polar surface area (TPSA) is 211 Å². The standard InChI is InChI=1S/C39H39BrN4O9S/c40-26-12-8-24(9-13-26)19-30-35(48)42-29(18-22-5-2-1-3-6-22)32(45)20-25(39(52)53)17-23-10-14-27(15-11-23)41-37(50)33(46)34(47)38(51)44-31(36(49)43-30)21-28-7-4-16-54-28/h1-16,25,29-31,33-34,46-47H,17-21H2,(H,41,50)(H,42,48)(H,43,49)(H,44,51)(H,52,53)/t25-,29-,30+,31-,33-,34-/m1/s1. The fourth-order valence-electron chi connectivity index (χ4n) is 5.95. The molecule has 7 N–H and O–H groups in total. The number of halogens is 1. The maximum Gasteiger partial charge on any atom is 0.307 e. The van der Waals surface area contributed by atoms with E-state index in [9.17, 15) is 44.1 Å². The summed E-state index contributed by atoms with van der Waals surface area (Å²) in [6.07, 6.45) is -5.04. The van der Waals surface area contributed by atoms with Crippen LogP contribution in [0.4, 0.5) is 5.69 Å². The Morgan fingerprint density at radius 3 is 1.85 bits per heavy atom. The Bertz CT molecular complexity index is 1940. The normalized spacial score (nSPS) is 23.4. The van der Waals surface area contributed by atoms with Crippen molar-refractivity contribution in [2.24, 2.45) is 5.92 Å². The van der Waals surface area contributed by atoms with Crippen LogP contribution >= 0.6 is 27.3 Å². The van der Waals surface area contributed by atoms with Crippen molar-refractivity contribution in [2.45, 2.75) is 62.4 Å². The van der Waals surface area contributed by atoms with Gasteiger partial charge in [0.05, 0.1) is 12.0 Å². The second-order valence-corrected chi connectivity index (χ2v) is 14.9. The lowest BCUT2D eigenvalue weighted by Crippen LogP contribution is -2.58. The molecule has 0 spiro atoms. The number of aliphatic hydroxyl groups is 2. The van der Waals surface area contributed by atoms with Gasteiger partial charge in [0.2, 0.25) is 11.8 Å². The Hall–Kier alpha value is -5.22. The molecular formula is C39H39BrN4O9S. The average molecular weight is 820 g/mol. The number of fused-ring (bicyclic) bond motifs is 18. The zero-order valence-corrected chi connectivity index (χ0v) is 31.2. The molecule has 4 aromatic rings. The first kappa shape index (κ1) is 40.0. The first-order valence-corrected chi connectivity index (χ1v) is 18.8. The number of thiophene rings is 1. The quantitative estimate of drug-likeness (QED) is 0.137. The van der Waals surface area contributed by atoms with E-state index in [1.165, 1.54) is 35.6 Å². The first-order valence-electron chi connectivity index (χ1n) is 17.1. The fourth-order valence-corrected chi connectivity index (χ4v) is 6.96. The van der Waals surface area contributed by atoms with Crippen LogP contribution in [-0.2, 0) is 54.5 Å². The van der Waals surface area contributed by atoms with E-state index < -0.39 is 78.1 Å².